The zero-order valence-electron chi connectivity index (χ0n) is 12.6. The summed E-state index contributed by atoms with van der Waals surface area (Å²) in [6.45, 7) is 7.75. The average Bonchev–Trinajstić information content (AvgIpc) is 2.59. The van der Waals surface area contributed by atoms with E-state index in [1.54, 1.807) is 0 Å². The minimum absolute atomic E-state index is 0.670. The first-order chi connectivity index (χ1) is 10.8. The molecule has 0 aromatic heterocycles. The Kier molecular flexibility index (Phi) is 6.99. The van der Waals surface area contributed by atoms with Crippen LogP contribution in [-0.4, -0.2) is 11.9 Å². The van der Waals surface area contributed by atoms with Gasteiger partial charge in [0.25, 0.3) is 0 Å². The van der Waals surface area contributed by atoms with Gasteiger partial charge in [-0.1, -0.05) is 65.2 Å². The first-order valence-corrected chi connectivity index (χ1v) is 8.72. The monoisotopic (exact) mass is 357 g/mol. The number of alkyl halides is 1. The van der Waals surface area contributed by atoms with Gasteiger partial charge in [-0.2, -0.15) is 0 Å². The highest BCUT2D eigenvalue weighted by atomic mass is 79.9. The molecule has 0 fully saturated rings. The lowest BCUT2D eigenvalue weighted by atomic mass is 10.1. The van der Waals surface area contributed by atoms with Gasteiger partial charge < -0.3 is 4.74 Å². The van der Waals surface area contributed by atoms with E-state index in [4.69, 9.17) is 11.3 Å². The van der Waals surface area contributed by atoms with E-state index in [0.29, 0.717) is 5.69 Å². The molecule has 22 heavy (non-hydrogen) atoms. The largest absolute Gasteiger partial charge is 0.494 e. The molecule has 0 atom stereocenters. The number of benzene rings is 2. The fourth-order valence-corrected chi connectivity index (χ4v) is 2.61. The normalized spacial score (nSPS) is 10.2. The molecule has 0 aliphatic heterocycles. The molecule has 2 aromatic carbocycles. The maximum Gasteiger partial charge on any atom is 0.187 e. The molecule has 0 saturated carbocycles. The predicted molar refractivity (Wildman–Crippen MR) is 95.9 cm³/mol. The summed E-state index contributed by atoms with van der Waals surface area (Å²) in [6, 6.07) is 15.8. The lowest BCUT2D eigenvalue weighted by molar-refractivity contribution is 0.305. The van der Waals surface area contributed by atoms with Crippen LogP contribution in [0, 0.1) is 6.57 Å². The molecule has 3 heteroatoms. The van der Waals surface area contributed by atoms with Crippen molar-refractivity contribution in [2.24, 2.45) is 0 Å². The van der Waals surface area contributed by atoms with E-state index in [2.05, 4.69) is 32.9 Å². The Morgan fingerprint density at radius 1 is 0.818 bits per heavy atom. The van der Waals surface area contributed by atoms with Crippen LogP contribution >= 0.6 is 15.9 Å². The molecule has 0 N–H and O–H groups in total. The minimum Gasteiger partial charge on any atom is -0.494 e. The third kappa shape index (κ3) is 5.20. The van der Waals surface area contributed by atoms with Crippen molar-refractivity contribution in [1.29, 1.82) is 0 Å². The standard InChI is InChI=1S/C19H20BrNO/c1-21-18-10-6-16(7-11-18)17-8-12-19(13-9-17)22-15-5-3-2-4-14-20/h6-13H,2-5,14-15H2. The zero-order chi connectivity index (χ0) is 15.6. The molecular weight excluding hydrogens is 338 g/mol. The summed E-state index contributed by atoms with van der Waals surface area (Å²) >= 11 is 3.44. The molecule has 2 rings (SSSR count). The van der Waals surface area contributed by atoms with Crippen molar-refractivity contribution in [2.45, 2.75) is 25.7 Å². The first-order valence-electron chi connectivity index (χ1n) is 7.60. The quantitative estimate of drug-likeness (QED) is 0.309. The maximum atomic E-state index is 6.97. The number of rotatable bonds is 8. The first kappa shape index (κ1) is 16.6. The van der Waals surface area contributed by atoms with Gasteiger partial charge in [-0.05, 0) is 36.1 Å². The second kappa shape index (κ2) is 9.27. The predicted octanol–water partition coefficient (Wildman–Crippen LogP) is 6.24. The third-order valence-corrected chi connectivity index (χ3v) is 4.04. The highest BCUT2D eigenvalue weighted by molar-refractivity contribution is 9.09. The molecule has 0 heterocycles. The summed E-state index contributed by atoms with van der Waals surface area (Å²) in [4.78, 5) is 3.41. The molecular formula is C19H20BrNO. The van der Waals surface area contributed by atoms with Crippen molar-refractivity contribution in [3.8, 4) is 16.9 Å². The second-order valence-corrected chi connectivity index (χ2v) is 5.93. The van der Waals surface area contributed by atoms with Gasteiger partial charge in [0.1, 0.15) is 5.75 Å². The van der Waals surface area contributed by atoms with E-state index in [-0.39, 0.29) is 0 Å². The Morgan fingerprint density at radius 2 is 1.41 bits per heavy atom. The second-order valence-electron chi connectivity index (χ2n) is 5.13. The van der Waals surface area contributed by atoms with Crippen LogP contribution in [0.3, 0.4) is 0 Å². The number of hydrogen-bond donors (Lipinski definition) is 0. The number of ether oxygens (including phenoxy) is 1. The van der Waals surface area contributed by atoms with Crippen LogP contribution in [0.1, 0.15) is 25.7 Å². The zero-order valence-corrected chi connectivity index (χ0v) is 14.2. The average molecular weight is 358 g/mol. The lowest BCUT2D eigenvalue weighted by Gasteiger charge is -2.07. The molecule has 2 nitrogen and oxygen atoms in total. The van der Waals surface area contributed by atoms with Crippen molar-refractivity contribution >= 4 is 21.6 Å². The fourth-order valence-electron chi connectivity index (χ4n) is 2.21. The molecule has 0 aliphatic rings. The molecule has 0 spiro atoms. The molecule has 0 unspecified atom stereocenters. The Labute approximate surface area is 141 Å². The summed E-state index contributed by atoms with van der Waals surface area (Å²) in [6.07, 6.45) is 4.82. The lowest BCUT2D eigenvalue weighted by Crippen LogP contribution is -1.97. The van der Waals surface area contributed by atoms with E-state index in [1.807, 2.05) is 36.4 Å². The SMILES string of the molecule is [C-]#[N+]c1ccc(-c2ccc(OCCCCCCBr)cc2)cc1. The molecule has 0 amide bonds. The topological polar surface area (TPSA) is 13.6 Å². The van der Waals surface area contributed by atoms with Gasteiger partial charge in [-0.3, -0.25) is 0 Å². The van der Waals surface area contributed by atoms with Crippen LogP contribution in [0.5, 0.6) is 5.75 Å². The number of hydrogen-bond acceptors (Lipinski definition) is 1. The summed E-state index contributed by atoms with van der Waals surface area (Å²) in [5.41, 5.74) is 2.93. The van der Waals surface area contributed by atoms with E-state index in [0.717, 1.165) is 35.2 Å². The van der Waals surface area contributed by atoms with Crippen molar-refractivity contribution < 1.29 is 4.74 Å². The Balaban J connectivity index is 1.83. The highest BCUT2D eigenvalue weighted by Crippen LogP contribution is 2.24. The molecule has 0 saturated heterocycles. The van der Waals surface area contributed by atoms with E-state index in [9.17, 15) is 0 Å². The maximum absolute atomic E-state index is 6.97. The van der Waals surface area contributed by atoms with Crippen LogP contribution in [0.25, 0.3) is 16.0 Å². The van der Waals surface area contributed by atoms with E-state index in [1.165, 1.54) is 19.3 Å². The smallest absolute Gasteiger partial charge is 0.187 e. The van der Waals surface area contributed by atoms with Crippen molar-refractivity contribution in [2.75, 3.05) is 11.9 Å². The third-order valence-electron chi connectivity index (χ3n) is 3.48. The van der Waals surface area contributed by atoms with Crippen LogP contribution in [-0.2, 0) is 0 Å². The fraction of sp³-hybridized carbons (Fsp3) is 0.316. The van der Waals surface area contributed by atoms with Crippen LogP contribution in [0.15, 0.2) is 48.5 Å². The van der Waals surface area contributed by atoms with Gasteiger partial charge in [-0.15, -0.1) is 0 Å². The van der Waals surface area contributed by atoms with Gasteiger partial charge in [0, 0.05) is 5.33 Å². The van der Waals surface area contributed by atoms with E-state index < -0.39 is 0 Å². The molecule has 2 aromatic rings. The molecule has 0 aliphatic carbocycles. The van der Waals surface area contributed by atoms with Crippen molar-refractivity contribution in [1.82, 2.24) is 0 Å². The van der Waals surface area contributed by atoms with Crippen molar-refractivity contribution in [3.05, 3.63) is 59.9 Å². The van der Waals surface area contributed by atoms with Gasteiger partial charge >= 0.3 is 0 Å². The number of nitrogens with zero attached hydrogens (tertiary/aromatic N) is 1. The van der Waals surface area contributed by atoms with Gasteiger partial charge in [0.15, 0.2) is 5.69 Å². The molecule has 0 radical (unpaired) electrons. The summed E-state index contributed by atoms with van der Waals surface area (Å²) in [7, 11) is 0. The highest BCUT2D eigenvalue weighted by Gasteiger charge is 1.99. The molecule has 0 bridgehead atoms. The van der Waals surface area contributed by atoms with Gasteiger partial charge in [-0.25, -0.2) is 4.85 Å². The Hall–Kier alpha value is -1.79. The van der Waals surface area contributed by atoms with Crippen LogP contribution in [0.2, 0.25) is 0 Å². The summed E-state index contributed by atoms with van der Waals surface area (Å²) in [5, 5.41) is 1.09. The summed E-state index contributed by atoms with van der Waals surface area (Å²) in [5.74, 6) is 0.919. The van der Waals surface area contributed by atoms with Crippen molar-refractivity contribution in [3.63, 3.8) is 0 Å². The van der Waals surface area contributed by atoms with Crippen LogP contribution < -0.4 is 4.74 Å². The van der Waals surface area contributed by atoms with Crippen LogP contribution in [0.4, 0.5) is 5.69 Å². The Morgan fingerprint density at radius 3 is 2.00 bits per heavy atom. The van der Waals surface area contributed by atoms with Gasteiger partial charge in [0.05, 0.1) is 13.2 Å². The minimum atomic E-state index is 0.670. The van der Waals surface area contributed by atoms with Gasteiger partial charge in [0.2, 0.25) is 0 Å². The number of halogens is 1. The molecule has 114 valence electrons. The Bertz CT molecular complexity index is 599. The number of unbranched alkanes of at least 4 members (excludes halogenated alkanes) is 3. The van der Waals surface area contributed by atoms with E-state index >= 15 is 0 Å². The summed E-state index contributed by atoms with van der Waals surface area (Å²) < 4.78 is 5.76.